The molecule has 24 heavy (non-hydrogen) atoms. The second-order valence-electron chi connectivity index (χ2n) is 6.49. The minimum Gasteiger partial charge on any atom is -0.207 e. The zero-order valence-electron chi connectivity index (χ0n) is 13.9. The van der Waals surface area contributed by atoms with E-state index in [-0.39, 0.29) is 5.82 Å². The smallest absolute Gasteiger partial charge is 0.123 e. The van der Waals surface area contributed by atoms with Crippen molar-refractivity contribution in [1.29, 1.82) is 0 Å². The van der Waals surface area contributed by atoms with Crippen LogP contribution in [0, 0.1) is 19.7 Å². The van der Waals surface area contributed by atoms with Crippen molar-refractivity contribution in [3.05, 3.63) is 105 Å². The average molecular weight is 314 g/mol. The molecule has 4 rings (SSSR count). The van der Waals surface area contributed by atoms with Crippen LogP contribution < -0.4 is 0 Å². The van der Waals surface area contributed by atoms with E-state index in [9.17, 15) is 4.39 Å². The fourth-order valence-corrected chi connectivity index (χ4v) is 3.58. The Balaban J connectivity index is 2.05. The maximum absolute atomic E-state index is 13.4. The molecule has 3 aromatic carbocycles. The van der Waals surface area contributed by atoms with E-state index in [4.69, 9.17) is 0 Å². The molecule has 0 saturated heterocycles. The van der Waals surface area contributed by atoms with Gasteiger partial charge in [0.05, 0.1) is 0 Å². The highest BCUT2D eigenvalue weighted by Gasteiger charge is 2.19. The van der Waals surface area contributed by atoms with E-state index in [1.54, 1.807) is 0 Å². The SMILES string of the molecule is Cc1ccc(C)c2c1Cc1ccccc1C=C2c1ccc(F)cc1. The molecule has 0 amide bonds. The van der Waals surface area contributed by atoms with Crippen LogP contribution in [-0.2, 0) is 6.42 Å². The number of aryl methyl sites for hydroxylation is 2. The number of fused-ring (bicyclic) bond motifs is 2. The Hall–Kier alpha value is -2.67. The third kappa shape index (κ3) is 2.46. The lowest BCUT2D eigenvalue weighted by molar-refractivity contribution is 0.627. The average Bonchev–Trinajstić information content (AvgIpc) is 2.77. The number of halogens is 1. The molecule has 0 N–H and O–H groups in total. The third-order valence-electron chi connectivity index (χ3n) is 4.90. The van der Waals surface area contributed by atoms with Gasteiger partial charge in [-0.1, -0.05) is 48.5 Å². The molecular formula is C23H19F. The van der Waals surface area contributed by atoms with Crippen LogP contribution in [0.15, 0.2) is 60.7 Å². The van der Waals surface area contributed by atoms with Gasteiger partial charge in [-0.25, -0.2) is 4.39 Å². The Bertz CT molecular complexity index is 946. The Labute approximate surface area is 142 Å². The van der Waals surface area contributed by atoms with Crippen LogP contribution >= 0.6 is 0 Å². The molecule has 1 aliphatic rings. The molecular weight excluding hydrogens is 295 g/mol. The highest BCUT2D eigenvalue weighted by atomic mass is 19.1. The van der Waals surface area contributed by atoms with Crippen molar-refractivity contribution in [2.75, 3.05) is 0 Å². The van der Waals surface area contributed by atoms with E-state index in [2.05, 4.69) is 56.3 Å². The highest BCUT2D eigenvalue weighted by Crippen LogP contribution is 2.37. The van der Waals surface area contributed by atoms with Gasteiger partial charge >= 0.3 is 0 Å². The largest absolute Gasteiger partial charge is 0.207 e. The Morgan fingerprint density at radius 2 is 1.50 bits per heavy atom. The summed E-state index contributed by atoms with van der Waals surface area (Å²) in [6.45, 7) is 4.33. The number of hydrogen-bond donors (Lipinski definition) is 0. The molecule has 0 aromatic heterocycles. The maximum atomic E-state index is 13.4. The van der Waals surface area contributed by atoms with Gasteiger partial charge in [-0.05, 0) is 83.0 Å². The van der Waals surface area contributed by atoms with Gasteiger partial charge in [0.1, 0.15) is 5.82 Å². The van der Waals surface area contributed by atoms with Crippen molar-refractivity contribution >= 4 is 11.6 Å². The molecule has 1 heteroatoms. The first-order valence-electron chi connectivity index (χ1n) is 8.28. The monoisotopic (exact) mass is 314 g/mol. The molecule has 118 valence electrons. The first kappa shape index (κ1) is 14.9. The van der Waals surface area contributed by atoms with Crippen molar-refractivity contribution in [3.8, 4) is 0 Å². The van der Waals surface area contributed by atoms with Gasteiger partial charge < -0.3 is 0 Å². The molecule has 0 aliphatic heterocycles. The van der Waals surface area contributed by atoms with Crippen LogP contribution in [0.2, 0.25) is 0 Å². The molecule has 0 heterocycles. The lowest BCUT2D eigenvalue weighted by Gasteiger charge is -2.17. The summed E-state index contributed by atoms with van der Waals surface area (Å²) in [5.74, 6) is -0.199. The highest BCUT2D eigenvalue weighted by molar-refractivity contribution is 5.95. The third-order valence-corrected chi connectivity index (χ3v) is 4.90. The minimum atomic E-state index is -0.199. The van der Waals surface area contributed by atoms with Gasteiger partial charge in [-0.15, -0.1) is 0 Å². The summed E-state index contributed by atoms with van der Waals surface area (Å²) in [5.41, 5.74) is 10.0. The van der Waals surface area contributed by atoms with Crippen LogP contribution in [0.1, 0.15) is 38.9 Å². The Kier molecular flexibility index (Phi) is 3.57. The molecule has 0 unspecified atom stereocenters. The molecule has 3 aromatic rings. The Morgan fingerprint density at radius 1 is 0.792 bits per heavy atom. The van der Waals surface area contributed by atoms with Crippen LogP contribution in [0.3, 0.4) is 0 Å². The Morgan fingerprint density at radius 3 is 2.29 bits per heavy atom. The predicted octanol–water partition coefficient (Wildman–Crippen LogP) is 5.94. The summed E-state index contributed by atoms with van der Waals surface area (Å²) in [7, 11) is 0. The maximum Gasteiger partial charge on any atom is 0.123 e. The van der Waals surface area contributed by atoms with Gasteiger partial charge in [0.15, 0.2) is 0 Å². The predicted molar refractivity (Wildman–Crippen MR) is 98.5 cm³/mol. The summed E-state index contributed by atoms with van der Waals surface area (Å²) in [5, 5.41) is 0. The normalized spacial score (nSPS) is 12.9. The second kappa shape index (κ2) is 5.76. The van der Waals surface area contributed by atoms with Gasteiger partial charge in [-0.2, -0.15) is 0 Å². The molecule has 1 aliphatic carbocycles. The van der Waals surface area contributed by atoms with E-state index >= 15 is 0 Å². The first-order valence-corrected chi connectivity index (χ1v) is 8.28. The molecule has 0 atom stereocenters. The van der Waals surface area contributed by atoms with Crippen molar-refractivity contribution in [1.82, 2.24) is 0 Å². The molecule has 0 spiro atoms. The standard InChI is InChI=1S/C23H19F/c1-15-7-8-16(2)23-21(15)13-18-5-3-4-6-19(18)14-22(23)17-9-11-20(24)12-10-17/h3-12,14H,13H2,1-2H3. The van der Waals surface area contributed by atoms with Crippen LogP contribution in [0.4, 0.5) is 4.39 Å². The number of rotatable bonds is 1. The summed E-state index contributed by atoms with van der Waals surface area (Å²) < 4.78 is 13.4. The van der Waals surface area contributed by atoms with Crippen LogP contribution in [-0.4, -0.2) is 0 Å². The summed E-state index contributed by atoms with van der Waals surface area (Å²) in [4.78, 5) is 0. The lowest BCUT2D eigenvalue weighted by atomic mass is 9.87. The van der Waals surface area contributed by atoms with Gasteiger partial charge in [0.25, 0.3) is 0 Å². The molecule has 0 nitrogen and oxygen atoms in total. The summed E-state index contributed by atoms with van der Waals surface area (Å²) in [6.07, 6.45) is 3.18. The molecule has 0 saturated carbocycles. The van der Waals surface area contributed by atoms with E-state index in [1.165, 1.54) is 51.1 Å². The van der Waals surface area contributed by atoms with Crippen LogP contribution in [0.25, 0.3) is 11.6 Å². The van der Waals surface area contributed by atoms with Gasteiger partial charge in [0.2, 0.25) is 0 Å². The van der Waals surface area contributed by atoms with E-state index in [1.807, 2.05) is 12.1 Å². The van der Waals surface area contributed by atoms with Crippen molar-refractivity contribution in [2.45, 2.75) is 20.3 Å². The second-order valence-corrected chi connectivity index (χ2v) is 6.49. The first-order chi connectivity index (χ1) is 11.6. The molecule has 0 radical (unpaired) electrons. The van der Waals surface area contributed by atoms with Crippen LogP contribution in [0.5, 0.6) is 0 Å². The number of benzene rings is 3. The lowest BCUT2D eigenvalue weighted by Crippen LogP contribution is -2.00. The summed E-state index contributed by atoms with van der Waals surface area (Å²) >= 11 is 0. The van der Waals surface area contributed by atoms with Crippen molar-refractivity contribution < 1.29 is 4.39 Å². The number of hydrogen-bond acceptors (Lipinski definition) is 0. The van der Waals surface area contributed by atoms with Gasteiger partial charge in [-0.3, -0.25) is 0 Å². The van der Waals surface area contributed by atoms with E-state index < -0.39 is 0 Å². The van der Waals surface area contributed by atoms with Crippen molar-refractivity contribution in [3.63, 3.8) is 0 Å². The zero-order valence-corrected chi connectivity index (χ0v) is 13.9. The molecule has 0 bridgehead atoms. The van der Waals surface area contributed by atoms with E-state index in [0.29, 0.717) is 0 Å². The fraction of sp³-hybridized carbons (Fsp3) is 0.130. The van der Waals surface area contributed by atoms with E-state index in [0.717, 1.165) is 12.0 Å². The zero-order chi connectivity index (χ0) is 16.7. The minimum absolute atomic E-state index is 0.199. The van der Waals surface area contributed by atoms with Crippen molar-refractivity contribution in [2.24, 2.45) is 0 Å². The fourth-order valence-electron chi connectivity index (χ4n) is 3.58. The van der Waals surface area contributed by atoms with Gasteiger partial charge in [0, 0.05) is 0 Å². The topological polar surface area (TPSA) is 0 Å². The quantitative estimate of drug-likeness (QED) is 0.408. The molecule has 0 fully saturated rings. The summed E-state index contributed by atoms with van der Waals surface area (Å²) in [6, 6.07) is 19.7.